The maximum Gasteiger partial charge on any atom is 0.509 e. The number of aliphatic hydroxyl groups excluding tert-OH is 1. The molecule has 3 aromatic carbocycles. The van der Waals surface area contributed by atoms with Crippen LogP contribution in [0.3, 0.4) is 0 Å². The third-order valence-corrected chi connectivity index (χ3v) is 28.8. The number of carbonyl (C=O) groups is 1. The highest BCUT2D eigenvalue weighted by Crippen LogP contribution is 2.48. The molecule has 0 spiro atoms. The summed E-state index contributed by atoms with van der Waals surface area (Å²) >= 11 is 0. The number of aliphatic hydroxyl groups is 1. The van der Waals surface area contributed by atoms with E-state index in [1.54, 1.807) is 7.11 Å². The van der Waals surface area contributed by atoms with Crippen LogP contribution < -0.4 is 15.1 Å². The zero-order valence-electron chi connectivity index (χ0n) is 42.5. The Morgan fingerprint density at radius 1 is 0.769 bits per heavy atom. The van der Waals surface area contributed by atoms with Gasteiger partial charge in [-0.25, -0.2) is 4.79 Å². The third kappa shape index (κ3) is 12.2. The Kier molecular flexibility index (Phi) is 16.7. The fraction of sp³-hybridized carbons (Fsp3) is 0.635. The molecule has 7 atom stereocenters. The van der Waals surface area contributed by atoms with Crippen LogP contribution in [0.25, 0.3) is 0 Å². The van der Waals surface area contributed by atoms with E-state index in [0.717, 1.165) is 11.3 Å². The van der Waals surface area contributed by atoms with Gasteiger partial charge in [-0.05, 0) is 89.6 Å². The van der Waals surface area contributed by atoms with Gasteiger partial charge in [0.1, 0.15) is 29.7 Å². The van der Waals surface area contributed by atoms with Crippen LogP contribution in [0.15, 0.2) is 84.9 Å². The van der Waals surface area contributed by atoms with Crippen LogP contribution in [0.1, 0.15) is 107 Å². The third-order valence-electron chi connectivity index (χ3n) is 14.8. The summed E-state index contributed by atoms with van der Waals surface area (Å²) in [5, 5.41) is 12.0. The summed E-state index contributed by atoms with van der Waals surface area (Å²) in [6, 6.07) is 29.4. The number of hydrogen-bond donors (Lipinski definition) is 1. The van der Waals surface area contributed by atoms with Crippen molar-refractivity contribution in [3.05, 3.63) is 90.5 Å². The van der Waals surface area contributed by atoms with Crippen LogP contribution in [0.5, 0.6) is 5.75 Å². The van der Waals surface area contributed by atoms with Crippen LogP contribution in [0.2, 0.25) is 41.3 Å². The Balaban J connectivity index is 1.64. The highest BCUT2D eigenvalue weighted by molar-refractivity contribution is 6.99. The van der Waals surface area contributed by atoms with E-state index in [1.165, 1.54) is 10.4 Å². The van der Waals surface area contributed by atoms with Gasteiger partial charge in [-0.1, -0.05) is 135 Å². The van der Waals surface area contributed by atoms with Crippen molar-refractivity contribution in [2.45, 2.75) is 191 Å². The Bertz CT molecular complexity index is 1940. The van der Waals surface area contributed by atoms with Gasteiger partial charge < -0.3 is 42.1 Å². The van der Waals surface area contributed by atoms with Crippen LogP contribution >= 0.6 is 0 Å². The minimum absolute atomic E-state index is 0.106. The molecule has 0 radical (unpaired) electrons. The van der Waals surface area contributed by atoms with E-state index in [9.17, 15) is 9.90 Å². The first kappa shape index (κ1) is 53.1. The van der Waals surface area contributed by atoms with Crippen molar-refractivity contribution in [3.8, 4) is 5.75 Å². The minimum Gasteiger partial charge on any atom is -0.497 e. The van der Waals surface area contributed by atoms with Gasteiger partial charge in [-0.15, -0.1) is 0 Å². The molecule has 0 unspecified atom stereocenters. The summed E-state index contributed by atoms with van der Waals surface area (Å²) in [5.41, 5.74) is -0.933. The minimum atomic E-state index is -2.91. The monoisotopic (exact) mass is 951 g/mol. The van der Waals surface area contributed by atoms with E-state index < -0.39 is 72.8 Å². The van der Waals surface area contributed by atoms with Crippen molar-refractivity contribution < 1.29 is 46.9 Å². The Morgan fingerprint density at radius 2 is 1.32 bits per heavy atom. The predicted molar refractivity (Wildman–Crippen MR) is 268 cm³/mol. The van der Waals surface area contributed by atoms with E-state index >= 15 is 0 Å². The number of methoxy groups -OCH3 is 1. The Morgan fingerprint density at radius 3 is 1.82 bits per heavy atom. The summed E-state index contributed by atoms with van der Waals surface area (Å²) < 4.78 is 54.5. The van der Waals surface area contributed by atoms with Gasteiger partial charge in [0.15, 0.2) is 16.6 Å². The molecule has 2 aliphatic rings. The maximum atomic E-state index is 13.2. The largest absolute Gasteiger partial charge is 0.509 e. The molecule has 2 heterocycles. The highest BCUT2D eigenvalue weighted by atomic mass is 28.4. The van der Waals surface area contributed by atoms with Crippen LogP contribution in [-0.2, 0) is 38.8 Å². The van der Waals surface area contributed by atoms with Gasteiger partial charge in [-0.2, -0.15) is 0 Å². The van der Waals surface area contributed by atoms with Crippen LogP contribution in [-0.4, -0.2) is 98.3 Å². The van der Waals surface area contributed by atoms with E-state index in [0.29, 0.717) is 32.5 Å². The first-order valence-electron chi connectivity index (χ1n) is 23.6. The van der Waals surface area contributed by atoms with Crippen molar-refractivity contribution in [3.63, 3.8) is 0 Å². The quantitative estimate of drug-likeness (QED) is 0.0921. The molecule has 2 fully saturated rings. The second kappa shape index (κ2) is 20.4. The zero-order valence-corrected chi connectivity index (χ0v) is 45.5. The van der Waals surface area contributed by atoms with Crippen LogP contribution in [0, 0.1) is 0 Å². The van der Waals surface area contributed by atoms with Crippen molar-refractivity contribution >= 4 is 41.5 Å². The summed E-state index contributed by atoms with van der Waals surface area (Å²) in [5.74, 6) is 0.767. The molecule has 2 saturated heterocycles. The van der Waals surface area contributed by atoms with E-state index in [1.807, 2.05) is 31.2 Å². The van der Waals surface area contributed by atoms with Gasteiger partial charge in [-0.3, -0.25) is 0 Å². The number of ether oxygens (including phenoxy) is 5. The zero-order chi connectivity index (χ0) is 48.3. The number of hydrogen-bond acceptors (Lipinski definition) is 10. The lowest BCUT2D eigenvalue weighted by Gasteiger charge is -2.46. The van der Waals surface area contributed by atoms with E-state index in [2.05, 4.69) is 156 Å². The summed E-state index contributed by atoms with van der Waals surface area (Å²) in [6.07, 6.45) is -2.02. The number of carbonyl (C=O) groups excluding carboxylic acids is 1. The molecule has 13 heteroatoms. The van der Waals surface area contributed by atoms with Gasteiger partial charge in [0.2, 0.25) is 0 Å². The molecule has 3 aromatic rings. The van der Waals surface area contributed by atoms with Crippen molar-refractivity contribution in [1.29, 1.82) is 0 Å². The van der Waals surface area contributed by atoms with Gasteiger partial charge >= 0.3 is 6.16 Å². The smallest absolute Gasteiger partial charge is 0.497 e. The normalized spacial score (nSPS) is 24.6. The fourth-order valence-electron chi connectivity index (χ4n) is 9.05. The van der Waals surface area contributed by atoms with Crippen molar-refractivity contribution in [1.82, 2.24) is 0 Å². The molecule has 10 nitrogen and oxygen atoms in total. The lowest BCUT2D eigenvalue weighted by molar-refractivity contribution is -0.203. The number of benzene rings is 3. The van der Waals surface area contributed by atoms with Crippen molar-refractivity contribution in [2.24, 2.45) is 0 Å². The molecule has 65 heavy (non-hydrogen) atoms. The van der Waals surface area contributed by atoms with Gasteiger partial charge in [0.25, 0.3) is 8.32 Å². The molecule has 362 valence electrons. The summed E-state index contributed by atoms with van der Waals surface area (Å²) in [4.78, 5) is 13.2. The lowest BCUT2D eigenvalue weighted by Crippen LogP contribution is -2.66. The van der Waals surface area contributed by atoms with Gasteiger partial charge in [0, 0.05) is 32.5 Å². The summed E-state index contributed by atoms with van der Waals surface area (Å²) in [7, 11) is -6.16. The topological polar surface area (TPSA) is 111 Å². The molecule has 0 amide bonds. The Labute approximate surface area is 394 Å². The molecule has 0 aromatic heterocycles. The molecule has 2 aliphatic heterocycles. The first-order chi connectivity index (χ1) is 30.1. The standard InChI is InChI=1S/C52H82O10Si3/c1-48(2,3)63(13,14)61-42(31-34-57-65(50(7,8)9,40-23-19-17-20-24-40)41-25-21-18-22-26-41)46(56-37-38-27-29-39(55-12)30-28-38)52(11)36-44(62-64(15,16)49(4,5)6)45(59-52)43-35-51(10,32-33-53)60-47(54)58-43/h17-30,42-46,53H,31-37H2,1-16H3/t42-,43+,44-,45+,46+,51-,52+/m0/s1. The summed E-state index contributed by atoms with van der Waals surface area (Å²) in [6.45, 7) is 34.0. The molecule has 0 saturated carbocycles. The van der Waals surface area contributed by atoms with Gasteiger partial charge in [0.05, 0.1) is 31.5 Å². The fourth-order valence-corrected chi connectivity index (χ4v) is 16.3. The molecular formula is C52H82O10Si3. The molecule has 5 rings (SSSR count). The SMILES string of the molecule is COc1ccc(CO[C@H]([C@H](CCO[Si](c2ccccc2)(c2ccccc2)C(C)(C)C)O[Si](C)(C)C(C)(C)C)[C@@]2(C)C[C@H](O[Si](C)(C)C(C)(C)C)[C@@H]([C@H]3C[C@](C)(CCO)OC(=O)O3)O2)cc1. The first-order valence-corrected chi connectivity index (χ1v) is 31.4. The molecule has 0 aliphatic carbocycles. The number of rotatable bonds is 19. The maximum absolute atomic E-state index is 13.2. The highest BCUT2D eigenvalue weighted by Gasteiger charge is 2.59. The van der Waals surface area contributed by atoms with Crippen molar-refractivity contribution in [2.75, 3.05) is 20.3 Å². The second-order valence-corrected chi connectivity index (χ2v) is 36.8. The second-order valence-electron chi connectivity index (χ2n) is 22.9. The van der Waals surface area contributed by atoms with E-state index in [4.69, 9.17) is 37.0 Å². The van der Waals surface area contributed by atoms with Crippen LogP contribution in [0.4, 0.5) is 4.79 Å². The van der Waals surface area contributed by atoms with E-state index in [-0.39, 0.29) is 28.1 Å². The number of cyclic esters (lactones) is 2. The predicted octanol–water partition coefficient (Wildman–Crippen LogP) is 10.9. The Hall–Kier alpha value is -2.86. The average molecular weight is 951 g/mol. The molecular weight excluding hydrogens is 869 g/mol. The average Bonchev–Trinajstić information content (AvgIpc) is 3.54. The molecule has 1 N–H and O–H groups in total. The molecule has 0 bridgehead atoms. The lowest BCUT2D eigenvalue weighted by atomic mass is 9.87.